The van der Waals surface area contributed by atoms with Crippen molar-refractivity contribution in [3.63, 3.8) is 0 Å². The third-order valence-electron chi connectivity index (χ3n) is 4.72. The van der Waals surface area contributed by atoms with E-state index in [1.807, 2.05) is 30.3 Å². The molecule has 25 heavy (non-hydrogen) atoms. The van der Waals surface area contributed by atoms with Gasteiger partial charge in [0.05, 0.1) is 0 Å². The molecule has 2 aromatic carbocycles. The van der Waals surface area contributed by atoms with Crippen LogP contribution < -0.4 is 0 Å². The SMILES string of the molecule is CCCCCC(C)(C)c1ccc(O)c(-n2nc3ccc(Br)cc3n2)c1. The van der Waals surface area contributed by atoms with Gasteiger partial charge in [-0.05, 0) is 47.7 Å². The van der Waals surface area contributed by atoms with Gasteiger partial charge in [0.25, 0.3) is 0 Å². The first-order valence-electron chi connectivity index (χ1n) is 8.77. The highest BCUT2D eigenvalue weighted by Crippen LogP contribution is 2.33. The molecule has 0 unspecified atom stereocenters. The predicted molar refractivity (Wildman–Crippen MR) is 105 cm³/mol. The number of aromatic hydroxyl groups is 1. The summed E-state index contributed by atoms with van der Waals surface area (Å²) in [5.74, 6) is 0.187. The van der Waals surface area contributed by atoms with Gasteiger partial charge in [-0.15, -0.1) is 15.0 Å². The molecule has 5 heteroatoms. The molecule has 0 aliphatic carbocycles. The number of phenolic OH excluding ortho intramolecular Hbond substituents is 1. The molecule has 1 N–H and O–H groups in total. The lowest BCUT2D eigenvalue weighted by atomic mass is 9.80. The van der Waals surface area contributed by atoms with Crippen molar-refractivity contribution in [1.29, 1.82) is 0 Å². The van der Waals surface area contributed by atoms with Crippen LogP contribution in [0.15, 0.2) is 40.9 Å². The van der Waals surface area contributed by atoms with Gasteiger partial charge in [0.1, 0.15) is 22.5 Å². The zero-order valence-electron chi connectivity index (χ0n) is 15.0. The van der Waals surface area contributed by atoms with E-state index >= 15 is 0 Å². The summed E-state index contributed by atoms with van der Waals surface area (Å²) in [7, 11) is 0. The maximum absolute atomic E-state index is 10.3. The van der Waals surface area contributed by atoms with Gasteiger partial charge in [0.2, 0.25) is 0 Å². The topological polar surface area (TPSA) is 50.9 Å². The quantitative estimate of drug-likeness (QED) is 0.535. The fourth-order valence-corrected chi connectivity index (χ4v) is 3.41. The van der Waals surface area contributed by atoms with Crippen LogP contribution in [0.2, 0.25) is 0 Å². The number of nitrogens with zero attached hydrogens (tertiary/aromatic N) is 3. The first-order chi connectivity index (χ1) is 11.9. The molecule has 0 atom stereocenters. The minimum Gasteiger partial charge on any atom is -0.506 e. The maximum atomic E-state index is 10.3. The molecule has 0 saturated heterocycles. The van der Waals surface area contributed by atoms with Gasteiger partial charge in [-0.25, -0.2) is 0 Å². The average molecular weight is 402 g/mol. The second-order valence-electron chi connectivity index (χ2n) is 7.17. The number of phenols is 1. The number of fused-ring (bicyclic) bond motifs is 1. The van der Waals surface area contributed by atoms with Crippen LogP contribution in [0.4, 0.5) is 0 Å². The highest BCUT2D eigenvalue weighted by atomic mass is 79.9. The molecule has 0 aliphatic heterocycles. The van der Waals surface area contributed by atoms with Crippen molar-refractivity contribution in [2.75, 3.05) is 0 Å². The van der Waals surface area contributed by atoms with Gasteiger partial charge < -0.3 is 5.11 Å². The molecule has 0 radical (unpaired) electrons. The smallest absolute Gasteiger partial charge is 0.143 e. The van der Waals surface area contributed by atoms with Crippen molar-refractivity contribution in [2.24, 2.45) is 0 Å². The largest absolute Gasteiger partial charge is 0.506 e. The maximum Gasteiger partial charge on any atom is 0.143 e. The Kier molecular flexibility index (Phi) is 5.13. The zero-order valence-corrected chi connectivity index (χ0v) is 16.5. The van der Waals surface area contributed by atoms with Crippen molar-refractivity contribution < 1.29 is 5.11 Å². The minimum absolute atomic E-state index is 0.0488. The number of rotatable bonds is 6. The van der Waals surface area contributed by atoms with Crippen molar-refractivity contribution in [1.82, 2.24) is 15.0 Å². The molecule has 0 bridgehead atoms. The molecular formula is C20H24BrN3O. The summed E-state index contributed by atoms with van der Waals surface area (Å²) in [5.41, 5.74) is 3.46. The fourth-order valence-electron chi connectivity index (χ4n) is 3.06. The Morgan fingerprint density at radius 1 is 1.04 bits per heavy atom. The summed E-state index contributed by atoms with van der Waals surface area (Å²) in [4.78, 5) is 1.53. The van der Waals surface area contributed by atoms with E-state index in [4.69, 9.17) is 0 Å². The average Bonchev–Trinajstić information content (AvgIpc) is 2.98. The normalized spacial score (nSPS) is 12.0. The highest BCUT2D eigenvalue weighted by Gasteiger charge is 2.22. The second kappa shape index (κ2) is 7.16. The molecule has 1 aromatic heterocycles. The monoisotopic (exact) mass is 401 g/mol. The van der Waals surface area contributed by atoms with Crippen LogP contribution in [0.25, 0.3) is 16.7 Å². The van der Waals surface area contributed by atoms with Crippen LogP contribution in [0.1, 0.15) is 52.0 Å². The molecular weight excluding hydrogens is 378 g/mol. The highest BCUT2D eigenvalue weighted by molar-refractivity contribution is 9.10. The van der Waals surface area contributed by atoms with Crippen LogP contribution in [0.3, 0.4) is 0 Å². The number of halogens is 1. The van der Waals surface area contributed by atoms with Gasteiger partial charge in [-0.2, -0.15) is 0 Å². The van der Waals surface area contributed by atoms with Crippen molar-refractivity contribution in [2.45, 2.75) is 51.9 Å². The van der Waals surface area contributed by atoms with E-state index in [0.717, 1.165) is 21.9 Å². The molecule has 132 valence electrons. The fraction of sp³-hybridized carbons (Fsp3) is 0.400. The Morgan fingerprint density at radius 2 is 1.80 bits per heavy atom. The van der Waals surface area contributed by atoms with Gasteiger partial charge in [-0.3, -0.25) is 0 Å². The molecule has 0 spiro atoms. The van der Waals surface area contributed by atoms with Crippen molar-refractivity contribution >= 4 is 27.0 Å². The van der Waals surface area contributed by atoms with E-state index < -0.39 is 0 Å². The Balaban J connectivity index is 1.98. The van der Waals surface area contributed by atoms with Crippen LogP contribution in [0, 0.1) is 0 Å². The number of benzene rings is 2. The van der Waals surface area contributed by atoms with Gasteiger partial charge in [0, 0.05) is 4.47 Å². The lowest BCUT2D eigenvalue weighted by Crippen LogP contribution is -2.17. The van der Waals surface area contributed by atoms with Crippen molar-refractivity contribution in [3.8, 4) is 11.4 Å². The van der Waals surface area contributed by atoms with E-state index in [9.17, 15) is 5.11 Å². The second-order valence-corrected chi connectivity index (χ2v) is 8.08. The van der Waals surface area contributed by atoms with Crippen molar-refractivity contribution in [3.05, 3.63) is 46.4 Å². The molecule has 3 aromatic rings. The number of aromatic nitrogens is 3. The molecule has 1 heterocycles. The Morgan fingerprint density at radius 3 is 2.56 bits per heavy atom. The lowest BCUT2D eigenvalue weighted by molar-refractivity contribution is 0.444. The third-order valence-corrected chi connectivity index (χ3v) is 5.21. The summed E-state index contributed by atoms with van der Waals surface area (Å²) in [5, 5.41) is 19.4. The lowest BCUT2D eigenvalue weighted by Gasteiger charge is -2.26. The minimum atomic E-state index is 0.0488. The Hall–Kier alpha value is -1.88. The van der Waals surface area contributed by atoms with Crippen LogP contribution in [-0.4, -0.2) is 20.1 Å². The molecule has 0 aliphatic rings. The van der Waals surface area contributed by atoms with Gasteiger partial charge in [-0.1, -0.05) is 62.0 Å². The Labute approximate surface area is 157 Å². The number of unbranched alkanes of at least 4 members (excludes halogenated alkanes) is 2. The molecule has 3 rings (SSSR count). The summed E-state index contributed by atoms with van der Waals surface area (Å²) in [6, 6.07) is 11.5. The molecule has 4 nitrogen and oxygen atoms in total. The van der Waals surface area contributed by atoms with E-state index in [1.54, 1.807) is 6.07 Å². The van der Waals surface area contributed by atoms with Crippen LogP contribution in [0.5, 0.6) is 5.75 Å². The van der Waals surface area contributed by atoms with Gasteiger partial charge in [0.15, 0.2) is 0 Å². The Bertz CT molecular complexity index is 886. The summed E-state index contributed by atoms with van der Waals surface area (Å²) < 4.78 is 0.960. The van der Waals surface area contributed by atoms with E-state index in [1.165, 1.54) is 29.6 Å². The third kappa shape index (κ3) is 3.87. The van der Waals surface area contributed by atoms with E-state index in [-0.39, 0.29) is 11.2 Å². The molecule has 0 amide bonds. The van der Waals surface area contributed by atoms with Gasteiger partial charge >= 0.3 is 0 Å². The molecule has 0 saturated carbocycles. The van der Waals surface area contributed by atoms with Crippen LogP contribution in [-0.2, 0) is 5.41 Å². The first-order valence-corrected chi connectivity index (χ1v) is 9.56. The summed E-state index contributed by atoms with van der Waals surface area (Å²) >= 11 is 3.45. The molecule has 0 fully saturated rings. The van der Waals surface area contributed by atoms with E-state index in [0.29, 0.717) is 5.69 Å². The summed E-state index contributed by atoms with van der Waals surface area (Å²) in [6.45, 7) is 6.73. The predicted octanol–water partition coefficient (Wildman–Crippen LogP) is 5.75. The first kappa shape index (κ1) is 17.9. The summed E-state index contributed by atoms with van der Waals surface area (Å²) in [6.07, 6.45) is 4.79. The van der Waals surface area contributed by atoms with E-state index in [2.05, 4.69) is 46.9 Å². The standard InChI is InChI=1S/C20H24BrN3O/c1-4-5-6-11-20(2,3)14-7-10-19(25)18(12-14)24-22-16-9-8-15(21)13-17(16)23-24/h7-10,12-13,25H,4-6,11H2,1-3H3. The number of hydrogen-bond donors (Lipinski definition) is 1. The zero-order chi connectivity index (χ0) is 18.0. The van der Waals surface area contributed by atoms with Crippen LogP contribution >= 0.6 is 15.9 Å². The number of hydrogen-bond acceptors (Lipinski definition) is 3.